The molecule has 0 unspecified atom stereocenters. The van der Waals surface area contributed by atoms with Gasteiger partial charge in [-0.25, -0.2) is 0 Å². The number of aliphatic hydroxyl groups excluding tert-OH is 4. The second-order valence-corrected chi connectivity index (χ2v) is 14.9. The molecule has 0 aromatic heterocycles. The molecule has 1 aliphatic rings. The van der Waals surface area contributed by atoms with Gasteiger partial charge in [0.2, 0.25) is 0 Å². The number of aliphatic carboxylic acids is 1. The van der Waals surface area contributed by atoms with E-state index in [0.29, 0.717) is 51.5 Å². The van der Waals surface area contributed by atoms with Crippen LogP contribution in [0.3, 0.4) is 0 Å². The number of phenols is 1. The number of rotatable bonds is 21. The molecule has 10 heteroatoms. The molecule has 3 rings (SSSR count). The van der Waals surface area contributed by atoms with Crippen LogP contribution in [-0.4, -0.2) is 96.9 Å². The first-order chi connectivity index (χ1) is 25.9. The van der Waals surface area contributed by atoms with Gasteiger partial charge in [-0.2, -0.15) is 0 Å². The Hall–Kier alpha value is -3.53. The molecule has 298 valence electrons. The topological polar surface area (TPSA) is 183 Å². The third kappa shape index (κ3) is 15.3. The summed E-state index contributed by atoms with van der Waals surface area (Å²) < 4.78 is 0. The fraction of sp³-hybridized carbons (Fsp3) is 0.568. The molecular weight excluding hydrogens is 684 g/mol. The highest BCUT2D eigenvalue weighted by atomic mass is 16.4. The zero-order chi connectivity index (χ0) is 39.5. The molecule has 0 saturated carbocycles. The van der Waals surface area contributed by atoms with Crippen molar-refractivity contribution in [2.24, 2.45) is 0 Å². The van der Waals surface area contributed by atoms with Gasteiger partial charge in [0.1, 0.15) is 5.75 Å². The Morgan fingerprint density at radius 2 is 1.78 bits per heavy atom. The lowest BCUT2D eigenvalue weighted by atomic mass is 9.83. The van der Waals surface area contributed by atoms with Crippen molar-refractivity contribution >= 4 is 5.97 Å². The zero-order valence-corrected chi connectivity index (χ0v) is 32.4. The highest BCUT2D eigenvalue weighted by Crippen LogP contribution is 2.30. The van der Waals surface area contributed by atoms with Gasteiger partial charge in [-0.3, -0.25) is 4.79 Å². The molecule has 0 bridgehead atoms. The van der Waals surface area contributed by atoms with Crippen molar-refractivity contribution in [1.29, 1.82) is 0 Å². The molecule has 0 radical (unpaired) electrons. The lowest BCUT2D eigenvalue weighted by Crippen LogP contribution is -2.54. The number of benzene rings is 2. The third-order valence-corrected chi connectivity index (χ3v) is 10.3. The molecular formula is C44H64N2O8. The smallest absolute Gasteiger partial charge is 0.303 e. The number of fused-ring (bicyclic) bond motifs is 1. The van der Waals surface area contributed by atoms with Crippen molar-refractivity contribution in [3.05, 3.63) is 88.5 Å². The van der Waals surface area contributed by atoms with E-state index in [1.807, 2.05) is 44.2 Å². The van der Waals surface area contributed by atoms with E-state index in [4.69, 9.17) is 0 Å². The Balaban J connectivity index is 2.18. The fourth-order valence-corrected chi connectivity index (χ4v) is 7.18. The van der Waals surface area contributed by atoms with Gasteiger partial charge in [0, 0.05) is 43.0 Å². The number of aryl methyl sites for hydroxylation is 1. The van der Waals surface area contributed by atoms with Crippen LogP contribution in [-0.2, 0) is 17.6 Å². The Kier molecular flexibility index (Phi) is 19.4. The SMILES string of the molecule is CCCC[C@H](O)[C@H](O)/C=C/C1=C(\C[C@H](O)CO)[C@H](CCC[C@H](CCC(=O)O)NCC)N[C@@H]([C@@](C)(O)Cc2ccc(O)cc2)CC#Cc2ccccc2CC1. The third-order valence-electron chi connectivity index (χ3n) is 10.3. The molecule has 7 atom stereocenters. The highest BCUT2D eigenvalue weighted by molar-refractivity contribution is 5.66. The van der Waals surface area contributed by atoms with Gasteiger partial charge in [0.25, 0.3) is 0 Å². The first-order valence-electron chi connectivity index (χ1n) is 19.7. The number of phenolic OH excluding ortho intramolecular Hbond substituents is 1. The largest absolute Gasteiger partial charge is 0.508 e. The van der Waals surface area contributed by atoms with Gasteiger partial charge in [-0.15, -0.1) is 0 Å². The minimum atomic E-state index is -1.32. The second-order valence-electron chi connectivity index (χ2n) is 14.9. The summed E-state index contributed by atoms with van der Waals surface area (Å²) in [7, 11) is 0. The van der Waals surface area contributed by atoms with Crippen LogP contribution >= 0.6 is 0 Å². The summed E-state index contributed by atoms with van der Waals surface area (Å²) in [5, 5.41) is 81.5. The number of unbranched alkanes of at least 4 members (excludes halogenated alkanes) is 1. The van der Waals surface area contributed by atoms with E-state index in [9.17, 15) is 40.5 Å². The Morgan fingerprint density at radius 3 is 2.46 bits per heavy atom. The second kappa shape index (κ2) is 23.4. The lowest BCUT2D eigenvalue weighted by molar-refractivity contribution is -0.137. The van der Waals surface area contributed by atoms with Crippen molar-refractivity contribution in [3.63, 3.8) is 0 Å². The van der Waals surface area contributed by atoms with E-state index in [1.165, 1.54) is 0 Å². The van der Waals surface area contributed by atoms with E-state index in [1.54, 1.807) is 37.3 Å². The van der Waals surface area contributed by atoms with Gasteiger partial charge < -0.3 is 46.4 Å². The molecule has 1 aliphatic heterocycles. The summed E-state index contributed by atoms with van der Waals surface area (Å²) in [6.45, 7) is 6.03. The van der Waals surface area contributed by atoms with Crippen LogP contribution in [0.1, 0.15) is 108 Å². The molecule has 0 amide bonds. The molecule has 9 N–H and O–H groups in total. The number of carboxylic acid groups (broad SMARTS) is 1. The average molecular weight is 749 g/mol. The van der Waals surface area contributed by atoms with Gasteiger partial charge in [0.05, 0.1) is 30.5 Å². The molecule has 0 spiro atoms. The van der Waals surface area contributed by atoms with Gasteiger partial charge in [0.15, 0.2) is 0 Å². The van der Waals surface area contributed by atoms with E-state index in [-0.39, 0.29) is 37.5 Å². The van der Waals surface area contributed by atoms with Crippen molar-refractivity contribution in [2.75, 3.05) is 13.2 Å². The molecule has 0 saturated heterocycles. The first-order valence-corrected chi connectivity index (χ1v) is 19.7. The number of hydrogen-bond acceptors (Lipinski definition) is 9. The Labute approximate surface area is 322 Å². The van der Waals surface area contributed by atoms with E-state index in [2.05, 4.69) is 22.5 Å². The standard InChI is InChI=1S/C44H64N2O8/c1-4-6-16-40(50)41(51)26-22-34-21-20-33-12-8-7-11-32(33)13-9-17-42(44(3,54)29-31-18-24-36(48)25-19-31)46-39(38(34)28-37(49)30-47)15-10-14-35(45-5-2)23-27-43(52)53/h7-8,11-12,18-19,22,24-26,35,37,39-42,45-51,54H,4-6,10,14-17,20-21,23,27-30H2,1-3H3,(H,52,53)/b26-22+,38-34+/t35-,37+,39+,40+,41-,42-,44+/m1/s1. The fourth-order valence-electron chi connectivity index (χ4n) is 7.18. The summed E-state index contributed by atoms with van der Waals surface area (Å²) in [6, 6.07) is 13.7. The quantitative estimate of drug-likeness (QED) is 0.0795. The lowest BCUT2D eigenvalue weighted by Gasteiger charge is -2.38. The maximum atomic E-state index is 12.2. The number of allylic oxidation sites excluding steroid dienone is 2. The van der Waals surface area contributed by atoms with E-state index >= 15 is 0 Å². The van der Waals surface area contributed by atoms with Crippen LogP contribution in [0, 0.1) is 11.8 Å². The van der Waals surface area contributed by atoms with Crippen LogP contribution in [0.2, 0.25) is 0 Å². The minimum Gasteiger partial charge on any atom is -0.508 e. The minimum absolute atomic E-state index is 0.0114. The number of hydrogen-bond donors (Lipinski definition) is 9. The summed E-state index contributed by atoms with van der Waals surface area (Å²) in [5.41, 5.74) is 3.08. The van der Waals surface area contributed by atoms with Crippen molar-refractivity contribution in [3.8, 4) is 17.6 Å². The van der Waals surface area contributed by atoms with Crippen LogP contribution in [0.5, 0.6) is 5.75 Å². The number of aliphatic hydroxyl groups is 5. The first kappa shape index (κ1) is 44.9. The highest BCUT2D eigenvalue weighted by Gasteiger charge is 2.35. The number of carboxylic acids is 1. The van der Waals surface area contributed by atoms with Gasteiger partial charge in [-0.1, -0.05) is 87.4 Å². The van der Waals surface area contributed by atoms with Crippen molar-refractivity contribution < 1.29 is 40.5 Å². The number of carbonyl (C=O) groups is 1. The van der Waals surface area contributed by atoms with E-state index in [0.717, 1.165) is 40.7 Å². The molecule has 0 fully saturated rings. The molecule has 54 heavy (non-hydrogen) atoms. The monoisotopic (exact) mass is 748 g/mol. The zero-order valence-electron chi connectivity index (χ0n) is 32.4. The molecule has 10 nitrogen and oxygen atoms in total. The van der Waals surface area contributed by atoms with E-state index < -0.39 is 48.6 Å². The Bertz CT molecular complexity index is 1540. The maximum absolute atomic E-state index is 12.2. The van der Waals surface area contributed by atoms with Crippen LogP contribution in [0.4, 0.5) is 0 Å². The van der Waals surface area contributed by atoms with Crippen LogP contribution in [0.25, 0.3) is 0 Å². The van der Waals surface area contributed by atoms with Gasteiger partial charge >= 0.3 is 5.97 Å². The predicted molar refractivity (Wildman–Crippen MR) is 213 cm³/mol. The van der Waals surface area contributed by atoms with Crippen molar-refractivity contribution in [1.82, 2.24) is 10.6 Å². The normalized spacial score (nSPS) is 21.4. The summed E-state index contributed by atoms with van der Waals surface area (Å²) >= 11 is 0. The number of nitrogens with one attached hydrogen (secondary N) is 2. The molecule has 2 aromatic carbocycles. The summed E-state index contributed by atoms with van der Waals surface area (Å²) in [6.07, 6.45) is 6.76. The number of aromatic hydroxyl groups is 1. The van der Waals surface area contributed by atoms with Gasteiger partial charge in [-0.05, 0) is 98.9 Å². The van der Waals surface area contributed by atoms with Crippen LogP contribution < -0.4 is 10.6 Å². The molecule has 0 aliphatic carbocycles. The van der Waals surface area contributed by atoms with Crippen LogP contribution in [0.15, 0.2) is 71.8 Å². The molecule has 2 aromatic rings. The summed E-state index contributed by atoms with van der Waals surface area (Å²) in [5.74, 6) is 5.97. The maximum Gasteiger partial charge on any atom is 0.303 e. The van der Waals surface area contributed by atoms with Crippen molar-refractivity contribution in [2.45, 2.75) is 146 Å². The molecule has 1 heterocycles. The predicted octanol–water partition coefficient (Wildman–Crippen LogP) is 4.92. The Morgan fingerprint density at radius 1 is 1.04 bits per heavy atom. The average Bonchev–Trinajstić information content (AvgIpc) is 3.14. The summed E-state index contributed by atoms with van der Waals surface area (Å²) in [4.78, 5) is 11.4.